The van der Waals surface area contributed by atoms with Crippen LogP contribution in [0.5, 0.6) is 0 Å². The van der Waals surface area contributed by atoms with Crippen LogP contribution in [0.15, 0.2) is 134 Å². The fraction of sp³-hybridized carbons (Fsp3) is 0.671. The van der Waals surface area contributed by atoms with Crippen LogP contribution in [0.25, 0.3) is 0 Å². The summed E-state index contributed by atoms with van der Waals surface area (Å²) in [6, 6.07) is -0.930. The molecule has 83 heavy (non-hydrogen) atoms. The number of hydrogen-bond donors (Lipinski definition) is 1. The molecule has 0 spiro atoms. The van der Waals surface area contributed by atoms with Crippen molar-refractivity contribution < 1.29 is 37.3 Å². The van der Waals surface area contributed by atoms with E-state index in [1.54, 1.807) is 0 Å². The summed E-state index contributed by atoms with van der Waals surface area (Å²) in [7, 11) is 1.13. The van der Waals surface area contributed by atoms with Gasteiger partial charge >= 0.3 is 5.97 Å². The number of rotatable bonds is 59. The summed E-state index contributed by atoms with van der Waals surface area (Å²) >= 11 is 0. The number of phosphoric acid groups is 1. The van der Waals surface area contributed by atoms with Crippen LogP contribution in [0.4, 0.5) is 0 Å². The van der Waals surface area contributed by atoms with Crippen LogP contribution in [0.1, 0.15) is 265 Å². The third-order valence-electron chi connectivity index (χ3n) is 14.1. The Morgan fingerprint density at radius 3 is 1.20 bits per heavy atom. The van der Waals surface area contributed by atoms with Crippen LogP contribution in [-0.4, -0.2) is 69.4 Å². The molecule has 3 atom stereocenters. The van der Waals surface area contributed by atoms with Crippen molar-refractivity contribution in [3.05, 3.63) is 134 Å². The molecule has 0 fully saturated rings. The first-order chi connectivity index (χ1) is 40.4. The lowest BCUT2D eigenvalue weighted by Crippen LogP contribution is -2.47. The van der Waals surface area contributed by atoms with Gasteiger partial charge in [-0.05, 0) is 122 Å². The van der Waals surface area contributed by atoms with Crippen LogP contribution in [0.2, 0.25) is 0 Å². The van der Waals surface area contributed by atoms with E-state index in [9.17, 15) is 19.0 Å². The number of quaternary nitrogens is 1. The minimum absolute atomic E-state index is 0.0405. The van der Waals surface area contributed by atoms with E-state index < -0.39 is 26.6 Å². The molecule has 0 aliphatic carbocycles. The minimum atomic E-state index is -4.73. The average Bonchev–Trinajstić information content (AvgIpc) is 3.47. The lowest BCUT2D eigenvalue weighted by molar-refractivity contribution is -0.870. The van der Waals surface area contributed by atoms with E-state index in [2.05, 4.69) is 148 Å². The van der Waals surface area contributed by atoms with Crippen molar-refractivity contribution in [2.45, 2.75) is 277 Å². The van der Waals surface area contributed by atoms with Gasteiger partial charge in [0.25, 0.3) is 7.82 Å². The Balaban J connectivity index is 5.24. The standard InChI is InChI=1S/C73H125N2O7P/c1-7-10-13-16-19-22-25-28-30-32-33-34-35-36-37-38-39-40-41-43-45-48-51-54-57-60-63-66-73(77)82-71(64-61-58-55-52-49-46-27-24-21-18-15-12-9-3)70(69-81-83(78,79)80-68-67-75(4,5)6)74-72(76)65-62-59-56-53-50-47-44-42-31-29-26-23-20-17-14-11-8-2/h10,13,19-20,22-23,28-31,33-34,36-37,39-40,44,47,53,56,61,64,70-71H,7-9,11-12,14-18,21,24-27,32,35,38,41-43,45-46,48-52,54-55,57-60,62-63,65-69H2,1-6H3,(H-,74,76,78,79)/b13-10-,22-19-,23-20-,30-28-,31-29-,34-33-,37-36-,40-39-,47-44-,56-53-,64-61-. The van der Waals surface area contributed by atoms with Gasteiger partial charge in [0.2, 0.25) is 5.91 Å². The lowest BCUT2D eigenvalue weighted by Gasteiger charge is -2.30. The molecule has 1 N–H and O–H groups in total. The molecule has 0 radical (unpaired) electrons. The van der Waals surface area contributed by atoms with E-state index >= 15 is 0 Å². The first kappa shape index (κ1) is 79.2. The van der Waals surface area contributed by atoms with Crippen LogP contribution in [0, 0.1) is 0 Å². The molecule has 9 nitrogen and oxygen atoms in total. The van der Waals surface area contributed by atoms with Gasteiger partial charge in [-0.2, -0.15) is 0 Å². The number of ether oxygens (including phenoxy) is 1. The van der Waals surface area contributed by atoms with Gasteiger partial charge < -0.3 is 28.5 Å². The van der Waals surface area contributed by atoms with Crippen LogP contribution < -0.4 is 10.2 Å². The molecule has 474 valence electrons. The molecule has 10 heteroatoms. The Morgan fingerprint density at radius 1 is 0.434 bits per heavy atom. The van der Waals surface area contributed by atoms with Gasteiger partial charge in [-0.3, -0.25) is 14.2 Å². The summed E-state index contributed by atoms with van der Waals surface area (Å²) < 4.78 is 30.3. The van der Waals surface area contributed by atoms with E-state index in [4.69, 9.17) is 13.8 Å². The maximum atomic E-state index is 13.5. The molecular weight excluding hydrogens is 1050 g/mol. The molecule has 0 aromatic carbocycles. The fourth-order valence-corrected chi connectivity index (χ4v) is 9.65. The monoisotopic (exact) mass is 1170 g/mol. The number of allylic oxidation sites excluding steroid dienone is 21. The molecular formula is C73H125N2O7P. The summed E-state index contributed by atoms with van der Waals surface area (Å²) in [4.78, 5) is 40.1. The van der Waals surface area contributed by atoms with Gasteiger partial charge in [-0.1, -0.05) is 264 Å². The number of amides is 1. The number of unbranched alkanes of at least 4 members (excludes halogenated alkanes) is 23. The highest BCUT2D eigenvalue weighted by Crippen LogP contribution is 2.38. The second kappa shape index (κ2) is 61.2. The van der Waals surface area contributed by atoms with Crippen molar-refractivity contribution in [1.29, 1.82) is 0 Å². The predicted octanol–water partition coefficient (Wildman–Crippen LogP) is 20.6. The van der Waals surface area contributed by atoms with Crippen LogP contribution in [-0.2, 0) is 27.9 Å². The highest BCUT2D eigenvalue weighted by molar-refractivity contribution is 7.45. The maximum absolute atomic E-state index is 13.5. The third kappa shape index (κ3) is 62.5. The quantitative estimate of drug-likeness (QED) is 0.0212. The number of carbonyl (C=O) groups is 2. The van der Waals surface area contributed by atoms with Crippen molar-refractivity contribution in [3.8, 4) is 0 Å². The number of esters is 1. The number of phosphoric ester groups is 1. The third-order valence-corrected chi connectivity index (χ3v) is 15.0. The van der Waals surface area contributed by atoms with E-state index in [1.807, 2.05) is 33.3 Å². The second-order valence-electron chi connectivity index (χ2n) is 23.2. The number of hydrogen-bond acceptors (Lipinski definition) is 7. The Morgan fingerprint density at radius 2 is 0.783 bits per heavy atom. The van der Waals surface area contributed by atoms with Crippen molar-refractivity contribution >= 4 is 19.7 Å². The molecule has 0 rings (SSSR count). The second-order valence-corrected chi connectivity index (χ2v) is 24.6. The van der Waals surface area contributed by atoms with E-state index in [1.165, 1.54) is 109 Å². The summed E-state index contributed by atoms with van der Waals surface area (Å²) in [6.45, 7) is 6.65. The van der Waals surface area contributed by atoms with Gasteiger partial charge in [-0.25, -0.2) is 0 Å². The molecule has 0 bridgehead atoms. The Hall–Kier alpha value is -3.85. The zero-order valence-electron chi connectivity index (χ0n) is 54.1. The highest BCUT2D eigenvalue weighted by atomic mass is 31.2. The Kier molecular flexibility index (Phi) is 58.4. The highest BCUT2D eigenvalue weighted by Gasteiger charge is 2.27. The molecule has 0 saturated carbocycles. The van der Waals surface area contributed by atoms with Crippen molar-refractivity contribution in [1.82, 2.24) is 5.32 Å². The van der Waals surface area contributed by atoms with Crippen molar-refractivity contribution in [2.24, 2.45) is 0 Å². The number of carbonyl (C=O) groups excluding carboxylic acids is 2. The van der Waals surface area contributed by atoms with Gasteiger partial charge in [0.05, 0.1) is 33.8 Å². The van der Waals surface area contributed by atoms with Gasteiger partial charge in [-0.15, -0.1) is 0 Å². The summed E-state index contributed by atoms with van der Waals surface area (Å²) in [5.41, 5.74) is 0. The molecule has 0 aliphatic heterocycles. The van der Waals surface area contributed by atoms with Gasteiger partial charge in [0, 0.05) is 12.8 Å². The summed E-state index contributed by atoms with van der Waals surface area (Å²) in [5.74, 6) is -0.622. The largest absolute Gasteiger partial charge is 0.756 e. The van der Waals surface area contributed by atoms with Crippen molar-refractivity contribution in [2.75, 3.05) is 40.9 Å². The molecule has 0 heterocycles. The molecule has 0 aliphatic rings. The summed E-state index contributed by atoms with van der Waals surface area (Å²) in [5, 5.41) is 3.00. The van der Waals surface area contributed by atoms with E-state index in [0.29, 0.717) is 23.9 Å². The van der Waals surface area contributed by atoms with Gasteiger partial charge in [0.1, 0.15) is 19.3 Å². The zero-order valence-corrected chi connectivity index (χ0v) is 55.0. The van der Waals surface area contributed by atoms with E-state index in [0.717, 1.165) is 109 Å². The predicted molar refractivity (Wildman–Crippen MR) is 357 cm³/mol. The smallest absolute Gasteiger partial charge is 0.306 e. The SMILES string of the molecule is CC/C=C\C/C=C\C/C=C\C/C=C\C/C=C\C/C=C\CCCCCCCCCCC(=O)OC(/C=C\CCCCCCCCCCCCC)C(COP(=O)([O-])OCC[N+](C)(C)C)NC(=O)CCC/C=C\C/C=C\C/C=C\C/C=C\CCCCC. The molecule has 3 unspecified atom stereocenters. The zero-order chi connectivity index (χ0) is 60.7. The maximum Gasteiger partial charge on any atom is 0.306 e. The molecule has 0 aromatic rings. The first-order valence-electron chi connectivity index (χ1n) is 33.5. The topological polar surface area (TPSA) is 114 Å². The minimum Gasteiger partial charge on any atom is -0.756 e. The van der Waals surface area contributed by atoms with Crippen LogP contribution in [0.3, 0.4) is 0 Å². The van der Waals surface area contributed by atoms with E-state index in [-0.39, 0.29) is 31.3 Å². The van der Waals surface area contributed by atoms with Crippen LogP contribution >= 0.6 is 7.82 Å². The van der Waals surface area contributed by atoms with Gasteiger partial charge in [0.15, 0.2) is 0 Å². The molecule has 0 aromatic heterocycles. The number of nitrogens with one attached hydrogen (secondary N) is 1. The molecule has 0 saturated heterocycles. The fourth-order valence-electron chi connectivity index (χ4n) is 8.93. The Bertz CT molecular complexity index is 1880. The number of likely N-dealkylation sites (N-methyl/N-ethyl adjacent to an activating group) is 1. The lowest BCUT2D eigenvalue weighted by atomic mass is 10.0. The number of nitrogens with zero attached hydrogens (tertiary/aromatic N) is 1. The molecule has 1 amide bonds. The average molecular weight is 1170 g/mol. The first-order valence-corrected chi connectivity index (χ1v) is 35.0. The summed E-state index contributed by atoms with van der Waals surface area (Å²) in [6.07, 6.45) is 87.2. The van der Waals surface area contributed by atoms with Crippen molar-refractivity contribution in [3.63, 3.8) is 0 Å². The Labute approximate surface area is 511 Å². The normalized spacial score (nSPS) is 14.4.